The highest BCUT2D eigenvalue weighted by molar-refractivity contribution is 7.93. The number of nitrogens with zero attached hydrogens (tertiary/aromatic N) is 1. The van der Waals surface area contributed by atoms with Gasteiger partial charge in [0.2, 0.25) is 0 Å². The summed E-state index contributed by atoms with van der Waals surface area (Å²) in [7, 11) is -3.90. The first-order valence-corrected chi connectivity index (χ1v) is 10.9. The fourth-order valence-corrected chi connectivity index (χ4v) is 4.41. The molecule has 0 aliphatic rings. The average molecular weight is 476 g/mol. The summed E-state index contributed by atoms with van der Waals surface area (Å²) in [6.45, 7) is 0.0172. The molecular formula is C18H13ClF3N3O3S2. The van der Waals surface area contributed by atoms with E-state index in [4.69, 9.17) is 11.6 Å². The Bertz CT molecular complexity index is 1150. The van der Waals surface area contributed by atoms with Crippen LogP contribution < -0.4 is 10.0 Å². The van der Waals surface area contributed by atoms with Crippen molar-refractivity contribution in [3.8, 4) is 0 Å². The lowest BCUT2D eigenvalue weighted by atomic mass is 10.1. The van der Waals surface area contributed by atoms with E-state index in [1.807, 2.05) is 0 Å². The van der Waals surface area contributed by atoms with Crippen LogP contribution in [0.5, 0.6) is 0 Å². The number of sulfonamides is 1. The number of alkyl halides is 3. The van der Waals surface area contributed by atoms with E-state index in [0.717, 1.165) is 23.5 Å². The zero-order chi connectivity index (χ0) is 21.9. The molecule has 0 spiro atoms. The highest BCUT2D eigenvalue weighted by Gasteiger charge is 2.29. The number of hydrogen-bond acceptors (Lipinski definition) is 5. The Balaban J connectivity index is 1.62. The van der Waals surface area contributed by atoms with Crippen LogP contribution in [0.15, 0.2) is 59.6 Å². The molecule has 2 aromatic carbocycles. The Morgan fingerprint density at radius 2 is 1.70 bits per heavy atom. The Morgan fingerprint density at radius 1 is 1.07 bits per heavy atom. The van der Waals surface area contributed by atoms with Gasteiger partial charge in [0.05, 0.1) is 16.7 Å². The lowest BCUT2D eigenvalue weighted by molar-refractivity contribution is -0.137. The van der Waals surface area contributed by atoms with Gasteiger partial charge >= 0.3 is 6.18 Å². The second-order valence-electron chi connectivity index (χ2n) is 5.98. The first-order chi connectivity index (χ1) is 14.0. The van der Waals surface area contributed by atoms with Crippen molar-refractivity contribution in [2.45, 2.75) is 17.6 Å². The monoisotopic (exact) mass is 475 g/mol. The first kappa shape index (κ1) is 22.1. The molecular weight excluding hydrogens is 463 g/mol. The van der Waals surface area contributed by atoms with Crippen LogP contribution in [0.1, 0.15) is 21.5 Å². The number of anilines is 1. The van der Waals surface area contributed by atoms with Crippen molar-refractivity contribution in [2.75, 3.05) is 4.72 Å². The number of amides is 1. The van der Waals surface area contributed by atoms with E-state index in [1.165, 1.54) is 42.6 Å². The number of carbonyl (C=O) groups excluding carboxylic acids is 1. The summed E-state index contributed by atoms with van der Waals surface area (Å²) >= 11 is 6.68. The minimum atomic E-state index is -4.43. The minimum Gasteiger partial charge on any atom is -0.348 e. The van der Waals surface area contributed by atoms with Crippen molar-refractivity contribution in [3.05, 3.63) is 75.8 Å². The highest BCUT2D eigenvalue weighted by atomic mass is 35.5. The summed E-state index contributed by atoms with van der Waals surface area (Å²) in [5, 5.41) is 2.68. The molecule has 12 heteroatoms. The summed E-state index contributed by atoms with van der Waals surface area (Å²) in [6, 6.07) is 9.57. The van der Waals surface area contributed by atoms with Gasteiger partial charge in [-0.15, -0.1) is 0 Å². The molecule has 0 aliphatic carbocycles. The molecule has 1 heterocycles. The zero-order valence-corrected chi connectivity index (χ0v) is 17.3. The van der Waals surface area contributed by atoms with Crippen molar-refractivity contribution in [3.63, 3.8) is 0 Å². The standard InChI is InChI=1S/C18H13ClF3N3O3S2/c19-15-10-24-17(29-15)25-30(27,28)14-7-3-12(4-8-14)16(26)23-9-11-1-5-13(6-2-11)18(20,21)22/h1-8,10H,9H2,(H,23,26)(H,24,25). The van der Waals surface area contributed by atoms with Gasteiger partial charge in [-0.05, 0) is 42.0 Å². The number of halogens is 4. The van der Waals surface area contributed by atoms with Gasteiger partial charge in [0.1, 0.15) is 4.34 Å². The van der Waals surface area contributed by atoms with Crippen molar-refractivity contribution in [1.29, 1.82) is 0 Å². The maximum atomic E-state index is 12.6. The molecule has 0 fully saturated rings. The summed E-state index contributed by atoms with van der Waals surface area (Å²) < 4.78 is 65.0. The third kappa shape index (κ3) is 5.49. The highest BCUT2D eigenvalue weighted by Crippen LogP contribution is 2.29. The van der Waals surface area contributed by atoms with Crippen LogP contribution in [0.25, 0.3) is 0 Å². The van der Waals surface area contributed by atoms with Crippen LogP contribution >= 0.6 is 22.9 Å². The Kier molecular flexibility index (Phi) is 6.34. The van der Waals surface area contributed by atoms with Crippen LogP contribution in [0, 0.1) is 0 Å². The molecule has 0 saturated heterocycles. The maximum Gasteiger partial charge on any atom is 0.416 e. The molecule has 0 bridgehead atoms. The fraction of sp³-hybridized carbons (Fsp3) is 0.111. The number of nitrogens with one attached hydrogen (secondary N) is 2. The topological polar surface area (TPSA) is 88.2 Å². The Labute approximate surface area is 178 Å². The van der Waals surface area contributed by atoms with E-state index < -0.39 is 27.7 Å². The SMILES string of the molecule is O=C(NCc1ccc(C(F)(F)F)cc1)c1ccc(S(=O)(=O)Nc2ncc(Cl)s2)cc1. The van der Waals surface area contributed by atoms with Gasteiger partial charge in [-0.3, -0.25) is 9.52 Å². The molecule has 0 unspecified atom stereocenters. The summed E-state index contributed by atoms with van der Waals surface area (Å²) in [5.74, 6) is -0.501. The third-order valence-corrected chi connectivity index (χ3v) is 6.37. The molecule has 158 valence electrons. The lowest BCUT2D eigenvalue weighted by Gasteiger charge is -2.09. The van der Waals surface area contributed by atoms with E-state index >= 15 is 0 Å². The van der Waals surface area contributed by atoms with E-state index in [-0.39, 0.29) is 22.1 Å². The van der Waals surface area contributed by atoms with Gasteiger partial charge in [-0.1, -0.05) is 35.1 Å². The molecule has 0 radical (unpaired) electrons. The summed E-state index contributed by atoms with van der Waals surface area (Å²) in [4.78, 5) is 16.0. The normalized spacial score (nSPS) is 11.9. The fourth-order valence-electron chi connectivity index (χ4n) is 2.36. The number of thiazole rings is 1. The first-order valence-electron chi connectivity index (χ1n) is 8.23. The van der Waals surface area contributed by atoms with Gasteiger partial charge in [0.25, 0.3) is 15.9 Å². The van der Waals surface area contributed by atoms with Gasteiger partial charge in [0, 0.05) is 12.1 Å². The zero-order valence-electron chi connectivity index (χ0n) is 14.9. The van der Waals surface area contributed by atoms with E-state index in [9.17, 15) is 26.4 Å². The number of benzene rings is 2. The van der Waals surface area contributed by atoms with E-state index in [1.54, 1.807) is 0 Å². The van der Waals surface area contributed by atoms with Gasteiger partial charge in [0.15, 0.2) is 5.13 Å². The second-order valence-corrected chi connectivity index (χ2v) is 9.32. The van der Waals surface area contributed by atoms with Crippen molar-refractivity contribution >= 4 is 44.0 Å². The Hall–Kier alpha value is -2.63. The molecule has 2 N–H and O–H groups in total. The molecule has 6 nitrogen and oxygen atoms in total. The number of carbonyl (C=O) groups is 1. The maximum absolute atomic E-state index is 12.6. The van der Waals surface area contributed by atoms with Crippen LogP contribution in [-0.4, -0.2) is 19.3 Å². The molecule has 0 atom stereocenters. The average Bonchev–Trinajstić information content (AvgIpc) is 3.09. The minimum absolute atomic E-state index is 0.0172. The van der Waals surface area contributed by atoms with Crippen LogP contribution in [-0.2, 0) is 22.7 Å². The molecule has 3 aromatic rings. The molecule has 1 aromatic heterocycles. The van der Waals surface area contributed by atoms with Gasteiger partial charge in [-0.2, -0.15) is 13.2 Å². The lowest BCUT2D eigenvalue weighted by Crippen LogP contribution is -2.23. The molecule has 0 saturated carbocycles. The van der Waals surface area contributed by atoms with Crippen LogP contribution in [0.3, 0.4) is 0 Å². The second kappa shape index (κ2) is 8.62. The summed E-state index contributed by atoms with van der Waals surface area (Å²) in [5.41, 5.74) is -0.0944. The van der Waals surface area contributed by atoms with Gasteiger partial charge in [-0.25, -0.2) is 13.4 Å². The van der Waals surface area contributed by atoms with E-state index in [2.05, 4.69) is 15.0 Å². The molecule has 30 heavy (non-hydrogen) atoms. The van der Waals surface area contributed by atoms with Gasteiger partial charge < -0.3 is 5.32 Å². The van der Waals surface area contributed by atoms with Crippen molar-refractivity contribution in [1.82, 2.24) is 10.3 Å². The predicted octanol–water partition coefficient (Wildman–Crippen LogP) is 4.55. The third-order valence-electron chi connectivity index (χ3n) is 3.86. The smallest absolute Gasteiger partial charge is 0.348 e. The van der Waals surface area contributed by atoms with E-state index in [0.29, 0.717) is 9.90 Å². The molecule has 1 amide bonds. The summed E-state index contributed by atoms with van der Waals surface area (Å²) in [6.07, 6.45) is -3.11. The number of rotatable bonds is 6. The quantitative estimate of drug-likeness (QED) is 0.547. The van der Waals surface area contributed by atoms with Crippen LogP contribution in [0.4, 0.5) is 18.3 Å². The molecule has 0 aliphatic heterocycles. The number of aromatic nitrogens is 1. The van der Waals surface area contributed by atoms with Crippen molar-refractivity contribution < 1.29 is 26.4 Å². The van der Waals surface area contributed by atoms with Crippen molar-refractivity contribution in [2.24, 2.45) is 0 Å². The van der Waals surface area contributed by atoms with Crippen LogP contribution in [0.2, 0.25) is 4.34 Å². The predicted molar refractivity (Wildman–Crippen MR) is 107 cm³/mol. The number of hydrogen-bond donors (Lipinski definition) is 2. The largest absolute Gasteiger partial charge is 0.416 e. The molecule has 3 rings (SSSR count). The Morgan fingerprint density at radius 3 is 2.23 bits per heavy atom.